The number of aromatic nitrogens is 2. The zero-order chi connectivity index (χ0) is 22.9. The molecule has 0 aliphatic carbocycles. The summed E-state index contributed by atoms with van der Waals surface area (Å²) in [6.45, 7) is 7.54. The monoisotopic (exact) mass is 430 g/mol. The Kier molecular flexibility index (Phi) is 20.5. The molecular formula is C10H21B3F12N2-2. The Bertz CT molecular complexity index is 382. The highest BCUT2D eigenvalue weighted by Crippen LogP contribution is 2.07. The minimum Gasteiger partial charge on any atom is -0.418 e. The van der Waals surface area contributed by atoms with E-state index in [4.69, 9.17) is 0 Å². The van der Waals surface area contributed by atoms with E-state index >= 15 is 0 Å². The number of hydrogen-bond acceptors (Lipinski definition) is 0. The van der Waals surface area contributed by atoms with E-state index in [1.165, 1.54) is 12.8 Å². The lowest BCUT2D eigenvalue weighted by Crippen LogP contribution is -2.23. The molecule has 0 aliphatic rings. The third-order valence-corrected chi connectivity index (χ3v) is 1.69. The fourth-order valence-corrected chi connectivity index (χ4v) is 0.689. The first kappa shape index (κ1) is 33.2. The van der Waals surface area contributed by atoms with Crippen molar-refractivity contribution in [2.75, 3.05) is 0 Å². The highest BCUT2D eigenvalue weighted by Gasteiger charge is 2.21. The molecule has 0 spiro atoms. The van der Waals surface area contributed by atoms with Crippen molar-refractivity contribution < 1.29 is 56.4 Å². The largest absolute Gasteiger partial charge is 0.673 e. The van der Waals surface area contributed by atoms with Crippen molar-refractivity contribution in [2.45, 2.75) is 40.2 Å². The molecule has 27 heavy (non-hydrogen) atoms. The summed E-state index contributed by atoms with van der Waals surface area (Å²) in [5.74, 6) is 0. The lowest BCUT2D eigenvalue weighted by atomic mass is 10.3. The van der Waals surface area contributed by atoms with Gasteiger partial charge in [-0.3, -0.25) is 0 Å². The summed E-state index contributed by atoms with van der Waals surface area (Å²) in [6, 6.07) is 0. The van der Waals surface area contributed by atoms with E-state index in [2.05, 4.69) is 37.9 Å². The second-order valence-electron chi connectivity index (χ2n) is 4.39. The highest BCUT2D eigenvalue weighted by molar-refractivity contribution is 6.50. The van der Waals surface area contributed by atoms with Gasteiger partial charge in [0.05, 0.1) is 13.6 Å². The third-order valence-electron chi connectivity index (χ3n) is 1.69. The second kappa shape index (κ2) is 16.7. The van der Waals surface area contributed by atoms with Gasteiger partial charge in [-0.2, -0.15) is 0 Å². The van der Waals surface area contributed by atoms with Gasteiger partial charge < -0.3 is 51.8 Å². The molecule has 0 atom stereocenters. The molecule has 0 bridgehead atoms. The fourth-order valence-electron chi connectivity index (χ4n) is 0.689. The van der Waals surface area contributed by atoms with Gasteiger partial charge in [0.15, 0.2) is 0 Å². The zero-order valence-electron chi connectivity index (χ0n) is 15.0. The maximum Gasteiger partial charge on any atom is 0.673 e. The van der Waals surface area contributed by atoms with Crippen LogP contribution >= 0.6 is 0 Å². The lowest BCUT2D eigenvalue weighted by molar-refractivity contribution is -0.671. The summed E-state index contributed by atoms with van der Waals surface area (Å²) in [4.78, 5) is 0. The van der Waals surface area contributed by atoms with Crippen LogP contribution in [0, 0.1) is 0 Å². The van der Waals surface area contributed by atoms with E-state index in [-0.39, 0.29) is 0 Å². The smallest absolute Gasteiger partial charge is 0.418 e. The summed E-state index contributed by atoms with van der Waals surface area (Å²) in [6.07, 6.45) is 8.78. The second-order valence-corrected chi connectivity index (χ2v) is 4.39. The van der Waals surface area contributed by atoms with Crippen LogP contribution in [-0.4, -0.2) is 26.3 Å². The van der Waals surface area contributed by atoms with Crippen molar-refractivity contribution >= 4 is 21.8 Å². The average Bonchev–Trinajstić information content (AvgIpc) is 2.79. The van der Waals surface area contributed by atoms with Gasteiger partial charge in [0.25, 0.3) is 0 Å². The van der Waals surface area contributed by atoms with Gasteiger partial charge in [-0.1, -0.05) is 26.7 Å². The maximum atomic E-state index is 9.75. The lowest BCUT2D eigenvalue weighted by Gasteiger charge is -1.94. The number of hydrogen-bond donors (Lipinski definition) is 0. The van der Waals surface area contributed by atoms with Crippen LogP contribution in [0.3, 0.4) is 0 Å². The van der Waals surface area contributed by atoms with Crippen LogP contribution in [0.5, 0.6) is 0 Å². The van der Waals surface area contributed by atoms with Crippen molar-refractivity contribution in [3.8, 4) is 0 Å². The standard InChI is InChI=1S/C6H11N2.C4H10.3BF4/c1-3-8-5-4-7(2)6-8;1-3-4-2;3*2-1(3,4)5/h4-6H,3H2,1-2H3;3-4H2,1-2H3;;;/q+1;;3*-1. The Balaban J connectivity index is -0.000000126. The van der Waals surface area contributed by atoms with Crippen LogP contribution in [-0.2, 0) is 13.6 Å². The van der Waals surface area contributed by atoms with Crippen molar-refractivity contribution in [3.05, 3.63) is 18.7 Å². The van der Waals surface area contributed by atoms with Gasteiger partial charge in [0.2, 0.25) is 6.33 Å². The van der Waals surface area contributed by atoms with Crippen LogP contribution in [0.25, 0.3) is 0 Å². The molecule has 17 heteroatoms. The molecule has 0 unspecified atom stereocenters. The van der Waals surface area contributed by atoms with Crippen LogP contribution in [0.4, 0.5) is 51.8 Å². The Morgan fingerprint density at radius 3 is 1.00 bits per heavy atom. The normalized spacial score (nSPS) is 10.7. The molecule has 0 amide bonds. The van der Waals surface area contributed by atoms with E-state index in [0.717, 1.165) is 6.54 Å². The number of nitrogens with zero attached hydrogens (tertiary/aromatic N) is 2. The molecule has 166 valence electrons. The van der Waals surface area contributed by atoms with Crippen molar-refractivity contribution in [1.82, 2.24) is 4.57 Å². The van der Waals surface area contributed by atoms with E-state index < -0.39 is 21.8 Å². The number of rotatable bonds is 2. The SMILES string of the molecule is CCCC.CCn1cc[n+](C)c1.F[B-](F)(F)F.F[B-](F)(F)F.F[B-](F)(F)F. The van der Waals surface area contributed by atoms with E-state index in [1.54, 1.807) is 0 Å². The molecule has 0 aromatic carbocycles. The molecule has 1 rings (SSSR count). The Hall–Kier alpha value is -1.44. The highest BCUT2D eigenvalue weighted by atomic mass is 19.5. The molecule has 0 aliphatic heterocycles. The average molecular weight is 430 g/mol. The summed E-state index contributed by atoms with van der Waals surface area (Å²) in [5, 5.41) is 0. The third kappa shape index (κ3) is 112. The summed E-state index contributed by atoms with van der Waals surface area (Å²) >= 11 is 0. The minimum atomic E-state index is -6.00. The van der Waals surface area contributed by atoms with E-state index in [9.17, 15) is 51.8 Å². The first-order chi connectivity index (χ1) is 11.7. The molecule has 2 nitrogen and oxygen atoms in total. The zero-order valence-corrected chi connectivity index (χ0v) is 15.0. The predicted molar refractivity (Wildman–Crippen MR) is 82.4 cm³/mol. The van der Waals surface area contributed by atoms with Crippen LogP contribution < -0.4 is 4.57 Å². The van der Waals surface area contributed by atoms with Gasteiger partial charge in [-0.25, -0.2) is 9.13 Å². The molecule has 1 aromatic heterocycles. The van der Waals surface area contributed by atoms with E-state index in [1.807, 2.05) is 17.8 Å². The molecule has 0 radical (unpaired) electrons. The molecule has 1 aromatic rings. The van der Waals surface area contributed by atoms with Crippen molar-refractivity contribution in [3.63, 3.8) is 0 Å². The summed E-state index contributed by atoms with van der Waals surface area (Å²) in [7, 11) is -16.0. The fraction of sp³-hybridized carbons (Fsp3) is 0.700. The first-order valence-electron chi connectivity index (χ1n) is 7.37. The Morgan fingerprint density at radius 1 is 0.667 bits per heavy atom. The predicted octanol–water partition coefficient (Wildman–Crippen LogP) is 6.04. The number of imidazole rings is 1. The van der Waals surface area contributed by atoms with Crippen LogP contribution in [0.1, 0.15) is 33.6 Å². The van der Waals surface area contributed by atoms with Crippen molar-refractivity contribution in [2.24, 2.45) is 7.05 Å². The Morgan fingerprint density at radius 2 is 0.926 bits per heavy atom. The summed E-state index contributed by atoms with van der Waals surface area (Å²) in [5.41, 5.74) is 0. The minimum absolute atomic E-state index is 1.06. The van der Waals surface area contributed by atoms with E-state index in [0.29, 0.717) is 0 Å². The van der Waals surface area contributed by atoms with Crippen LogP contribution in [0.2, 0.25) is 0 Å². The molecule has 0 fully saturated rings. The van der Waals surface area contributed by atoms with Gasteiger partial charge in [-0.05, 0) is 6.92 Å². The molecule has 0 saturated carbocycles. The molecule has 0 saturated heterocycles. The quantitative estimate of drug-likeness (QED) is 0.308. The van der Waals surface area contributed by atoms with Crippen molar-refractivity contribution in [1.29, 1.82) is 0 Å². The van der Waals surface area contributed by atoms with Crippen LogP contribution in [0.15, 0.2) is 18.7 Å². The number of halogens is 12. The summed E-state index contributed by atoms with van der Waals surface area (Å²) < 4.78 is 121. The van der Waals surface area contributed by atoms with Gasteiger partial charge in [0, 0.05) is 0 Å². The topological polar surface area (TPSA) is 8.81 Å². The Labute approximate surface area is 149 Å². The molecule has 1 heterocycles. The molecular weight excluding hydrogens is 409 g/mol. The van der Waals surface area contributed by atoms with Gasteiger partial charge in [-0.15, -0.1) is 0 Å². The number of aryl methyl sites for hydroxylation is 2. The first-order valence-corrected chi connectivity index (χ1v) is 7.37. The maximum absolute atomic E-state index is 9.75. The number of unbranched alkanes of at least 4 members (excludes halogenated alkanes) is 1. The van der Waals surface area contributed by atoms with Gasteiger partial charge in [0.1, 0.15) is 12.4 Å². The van der Waals surface area contributed by atoms with Gasteiger partial charge >= 0.3 is 21.8 Å². The molecule has 0 N–H and O–H groups in total.